The van der Waals surface area contributed by atoms with Crippen molar-refractivity contribution in [2.24, 2.45) is 0 Å². The van der Waals surface area contributed by atoms with Crippen molar-refractivity contribution in [3.63, 3.8) is 0 Å². The van der Waals surface area contributed by atoms with E-state index >= 15 is 0 Å². The van der Waals surface area contributed by atoms with Crippen LogP contribution in [0.3, 0.4) is 0 Å². The molecule has 9 heteroatoms. The minimum absolute atomic E-state index is 0.0653. The van der Waals surface area contributed by atoms with E-state index in [4.69, 9.17) is 14.2 Å². The number of hydrogen-bond donors (Lipinski definition) is 1. The lowest BCUT2D eigenvalue weighted by Crippen LogP contribution is -2.13. The Kier molecular flexibility index (Phi) is 8.02. The van der Waals surface area contributed by atoms with Crippen molar-refractivity contribution in [1.82, 2.24) is 4.98 Å². The highest BCUT2D eigenvalue weighted by Crippen LogP contribution is 2.30. The summed E-state index contributed by atoms with van der Waals surface area (Å²) in [7, 11) is 1.37. The standard InChI is InChI=1S/C27H23FN2O6/c1-5-35-27(33)24-16(3)30-15(2)23(24)25(31)19(14-29)12-17-6-11-21(22(13-17)34-4)36-26(32)18-7-9-20(28)10-8-18/h6-13,30H,5H2,1-4H3/b19-12+. The van der Waals surface area contributed by atoms with E-state index < -0.39 is 23.5 Å². The molecule has 0 unspecified atom stereocenters. The number of carbonyl (C=O) groups is 3. The summed E-state index contributed by atoms with van der Waals surface area (Å²) in [4.78, 5) is 41.0. The van der Waals surface area contributed by atoms with Gasteiger partial charge in [0.05, 0.1) is 30.4 Å². The van der Waals surface area contributed by atoms with Crippen molar-refractivity contribution >= 4 is 23.8 Å². The van der Waals surface area contributed by atoms with E-state index in [0.717, 1.165) is 12.1 Å². The number of rotatable bonds is 8. The number of benzene rings is 2. The Bertz CT molecular complexity index is 1400. The van der Waals surface area contributed by atoms with E-state index in [9.17, 15) is 24.0 Å². The van der Waals surface area contributed by atoms with Gasteiger partial charge in [-0.05, 0) is 68.8 Å². The lowest BCUT2D eigenvalue weighted by molar-refractivity contribution is 0.0522. The molecular formula is C27H23FN2O6. The van der Waals surface area contributed by atoms with E-state index in [1.807, 2.05) is 6.07 Å². The molecule has 36 heavy (non-hydrogen) atoms. The average Bonchev–Trinajstić information content (AvgIpc) is 3.16. The lowest BCUT2D eigenvalue weighted by Gasteiger charge is -2.10. The van der Waals surface area contributed by atoms with Gasteiger partial charge in [0.1, 0.15) is 17.5 Å². The highest BCUT2D eigenvalue weighted by atomic mass is 19.1. The molecule has 1 heterocycles. The van der Waals surface area contributed by atoms with Gasteiger partial charge in [-0.25, -0.2) is 14.0 Å². The number of esters is 2. The van der Waals surface area contributed by atoms with Gasteiger partial charge < -0.3 is 19.2 Å². The Morgan fingerprint density at radius 2 is 1.67 bits per heavy atom. The Balaban J connectivity index is 1.93. The first-order chi connectivity index (χ1) is 17.2. The first-order valence-corrected chi connectivity index (χ1v) is 10.9. The van der Waals surface area contributed by atoms with Crippen LogP contribution in [-0.2, 0) is 4.74 Å². The van der Waals surface area contributed by atoms with E-state index in [-0.39, 0.29) is 40.4 Å². The number of halogens is 1. The van der Waals surface area contributed by atoms with Crippen LogP contribution in [0.15, 0.2) is 48.0 Å². The first kappa shape index (κ1) is 25.9. The average molecular weight is 490 g/mol. The molecule has 0 saturated carbocycles. The fourth-order valence-corrected chi connectivity index (χ4v) is 3.58. The van der Waals surface area contributed by atoms with Crippen LogP contribution in [0, 0.1) is 31.0 Å². The number of aromatic nitrogens is 1. The minimum atomic E-state index is -0.714. The van der Waals surface area contributed by atoms with Crippen LogP contribution in [0.5, 0.6) is 11.5 Å². The highest BCUT2D eigenvalue weighted by Gasteiger charge is 2.27. The van der Waals surface area contributed by atoms with Crippen molar-refractivity contribution in [2.45, 2.75) is 20.8 Å². The fourth-order valence-electron chi connectivity index (χ4n) is 3.58. The molecule has 0 atom stereocenters. The number of H-pyrrole nitrogens is 1. The van der Waals surface area contributed by atoms with Crippen molar-refractivity contribution < 1.29 is 33.0 Å². The summed E-state index contributed by atoms with van der Waals surface area (Å²) < 4.78 is 28.8. The quantitative estimate of drug-likeness (QED) is 0.156. The second kappa shape index (κ2) is 11.1. The Morgan fingerprint density at radius 3 is 2.28 bits per heavy atom. The molecule has 184 valence electrons. The van der Waals surface area contributed by atoms with Crippen molar-refractivity contribution in [2.75, 3.05) is 13.7 Å². The molecule has 1 aromatic heterocycles. The van der Waals surface area contributed by atoms with Crippen molar-refractivity contribution in [1.29, 1.82) is 5.26 Å². The zero-order chi connectivity index (χ0) is 26.4. The molecule has 0 aliphatic carbocycles. The van der Waals surface area contributed by atoms with Gasteiger partial charge in [-0.3, -0.25) is 4.79 Å². The number of Topliss-reactive ketones (excluding diaryl/α,β-unsaturated/α-hetero) is 1. The number of aromatic amines is 1. The van der Waals surface area contributed by atoms with Gasteiger partial charge in [0.15, 0.2) is 11.5 Å². The number of ether oxygens (including phenoxy) is 3. The van der Waals surface area contributed by atoms with Gasteiger partial charge in [-0.2, -0.15) is 5.26 Å². The number of nitrogens with zero attached hydrogens (tertiary/aromatic N) is 1. The zero-order valence-electron chi connectivity index (χ0n) is 20.1. The summed E-state index contributed by atoms with van der Waals surface area (Å²) in [5.41, 5.74) is 1.38. The Morgan fingerprint density at radius 1 is 1.00 bits per heavy atom. The number of nitrogens with one attached hydrogen (secondary N) is 1. The predicted molar refractivity (Wildman–Crippen MR) is 128 cm³/mol. The second-order valence-electron chi connectivity index (χ2n) is 7.65. The molecule has 8 nitrogen and oxygen atoms in total. The van der Waals surface area contributed by atoms with E-state index in [1.54, 1.807) is 20.8 Å². The third-order valence-electron chi connectivity index (χ3n) is 5.23. The van der Waals surface area contributed by atoms with E-state index in [2.05, 4.69) is 4.98 Å². The number of ketones is 1. The largest absolute Gasteiger partial charge is 0.493 e. The number of methoxy groups -OCH3 is 1. The summed E-state index contributed by atoms with van der Waals surface area (Å²) >= 11 is 0. The highest BCUT2D eigenvalue weighted by molar-refractivity contribution is 6.19. The van der Waals surface area contributed by atoms with Crippen LogP contribution in [0.4, 0.5) is 4.39 Å². The molecule has 0 fully saturated rings. The number of carbonyl (C=O) groups excluding carboxylic acids is 3. The molecule has 0 spiro atoms. The predicted octanol–water partition coefficient (Wildman–Crippen LogP) is 4.97. The molecule has 0 aliphatic heterocycles. The van der Waals surface area contributed by atoms with Crippen LogP contribution in [-0.4, -0.2) is 36.4 Å². The monoisotopic (exact) mass is 490 g/mol. The number of aryl methyl sites for hydroxylation is 2. The Labute approximate surface area is 206 Å². The molecule has 0 aliphatic rings. The number of nitriles is 1. The zero-order valence-corrected chi connectivity index (χ0v) is 20.1. The summed E-state index contributed by atoms with van der Waals surface area (Å²) in [6, 6.07) is 11.2. The van der Waals surface area contributed by atoms with Crippen LogP contribution in [0.1, 0.15) is 54.9 Å². The SMILES string of the molecule is CCOC(=O)c1c(C)[nH]c(C)c1C(=O)/C(C#N)=C/c1ccc(OC(=O)c2ccc(F)cc2)c(OC)c1. The lowest BCUT2D eigenvalue weighted by atomic mass is 9.98. The Hall–Kier alpha value is -4.71. The van der Waals surface area contributed by atoms with Crippen LogP contribution < -0.4 is 9.47 Å². The molecule has 0 radical (unpaired) electrons. The maximum atomic E-state index is 13.2. The molecule has 0 bridgehead atoms. The van der Waals surface area contributed by atoms with Gasteiger partial charge >= 0.3 is 11.9 Å². The summed E-state index contributed by atoms with van der Waals surface area (Å²) in [5, 5.41) is 9.70. The summed E-state index contributed by atoms with van der Waals surface area (Å²) in [6.45, 7) is 5.06. The van der Waals surface area contributed by atoms with E-state index in [1.165, 1.54) is 43.5 Å². The third kappa shape index (κ3) is 5.50. The van der Waals surface area contributed by atoms with Crippen LogP contribution >= 0.6 is 0 Å². The topological polar surface area (TPSA) is 118 Å². The summed E-state index contributed by atoms with van der Waals surface area (Å²) in [5.74, 6) is -2.24. The van der Waals surface area contributed by atoms with E-state index in [0.29, 0.717) is 17.0 Å². The second-order valence-corrected chi connectivity index (χ2v) is 7.65. The van der Waals surface area contributed by atoms with Crippen molar-refractivity contribution in [3.05, 3.63) is 87.5 Å². The molecule has 0 saturated heterocycles. The van der Waals surface area contributed by atoms with Gasteiger partial charge in [0.2, 0.25) is 5.78 Å². The van der Waals surface area contributed by atoms with Gasteiger partial charge in [-0.1, -0.05) is 6.07 Å². The molecule has 0 amide bonds. The maximum Gasteiger partial charge on any atom is 0.343 e. The summed E-state index contributed by atoms with van der Waals surface area (Å²) in [6.07, 6.45) is 1.34. The normalized spacial score (nSPS) is 10.9. The molecule has 1 N–H and O–H groups in total. The minimum Gasteiger partial charge on any atom is -0.493 e. The number of allylic oxidation sites excluding steroid dienone is 1. The molecule has 3 aromatic rings. The first-order valence-electron chi connectivity index (χ1n) is 10.9. The number of hydrogen-bond acceptors (Lipinski definition) is 7. The van der Waals surface area contributed by atoms with Gasteiger partial charge in [0, 0.05) is 11.4 Å². The van der Waals surface area contributed by atoms with Crippen LogP contribution in [0.25, 0.3) is 6.08 Å². The van der Waals surface area contributed by atoms with Gasteiger partial charge in [-0.15, -0.1) is 0 Å². The smallest absolute Gasteiger partial charge is 0.343 e. The molecular weight excluding hydrogens is 467 g/mol. The van der Waals surface area contributed by atoms with Crippen LogP contribution in [0.2, 0.25) is 0 Å². The third-order valence-corrected chi connectivity index (χ3v) is 5.23. The van der Waals surface area contributed by atoms with Crippen molar-refractivity contribution in [3.8, 4) is 17.6 Å². The maximum absolute atomic E-state index is 13.2. The van der Waals surface area contributed by atoms with Gasteiger partial charge in [0.25, 0.3) is 0 Å². The fraction of sp³-hybridized carbons (Fsp3) is 0.185. The molecule has 3 rings (SSSR count). The molecule has 2 aromatic carbocycles.